The van der Waals surface area contributed by atoms with Crippen LogP contribution in [-0.2, 0) is 4.79 Å². The molecule has 0 atom stereocenters. The Bertz CT molecular complexity index is 579. The smallest absolute Gasteiger partial charge is 0.262 e. The van der Waals surface area contributed by atoms with Crippen molar-refractivity contribution < 1.29 is 19.4 Å². The number of anilines is 1. The third kappa shape index (κ3) is 2.71. The molecule has 0 radical (unpaired) electrons. The molecular weight excluding hydrogens is 272 g/mol. The highest BCUT2D eigenvalue weighted by atomic mass is 16.5. The summed E-state index contributed by atoms with van der Waals surface area (Å²) in [6.45, 7) is -0.0884. The average molecular weight is 290 g/mol. The molecule has 0 bridgehead atoms. The van der Waals surface area contributed by atoms with Crippen LogP contribution in [0.4, 0.5) is 5.69 Å². The van der Waals surface area contributed by atoms with Crippen molar-refractivity contribution in [1.82, 2.24) is 5.32 Å². The van der Waals surface area contributed by atoms with Crippen LogP contribution in [0.2, 0.25) is 0 Å². The average Bonchev–Trinajstić information content (AvgIpc) is 2.95. The van der Waals surface area contributed by atoms with Crippen LogP contribution in [0.25, 0.3) is 0 Å². The third-order valence-corrected chi connectivity index (χ3v) is 4.12. The van der Waals surface area contributed by atoms with Gasteiger partial charge in [0.15, 0.2) is 6.61 Å². The number of nitrogens with one attached hydrogen (secondary N) is 2. The minimum atomic E-state index is -0.498. The first-order chi connectivity index (χ1) is 10.1. The Kier molecular flexibility index (Phi) is 3.55. The van der Waals surface area contributed by atoms with Gasteiger partial charge in [-0.1, -0.05) is 12.8 Å². The maximum atomic E-state index is 12.3. The number of amides is 2. The van der Waals surface area contributed by atoms with Gasteiger partial charge in [-0.25, -0.2) is 0 Å². The van der Waals surface area contributed by atoms with Crippen LogP contribution in [0.1, 0.15) is 36.0 Å². The number of rotatable bonds is 3. The van der Waals surface area contributed by atoms with Crippen LogP contribution in [-0.4, -0.2) is 35.7 Å². The minimum absolute atomic E-state index is 0.0430. The summed E-state index contributed by atoms with van der Waals surface area (Å²) in [4.78, 5) is 23.6. The zero-order valence-corrected chi connectivity index (χ0v) is 11.6. The zero-order valence-electron chi connectivity index (χ0n) is 11.6. The fourth-order valence-corrected chi connectivity index (χ4v) is 2.90. The van der Waals surface area contributed by atoms with E-state index >= 15 is 0 Å². The summed E-state index contributed by atoms with van der Waals surface area (Å²) in [7, 11) is 0. The van der Waals surface area contributed by atoms with E-state index in [0.717, 1.165) is 25.7 Å². The Balaban J connectivity index is 1.77. The Labute approximate surface area is 122 Å². The van der Waals surface area contributed by atoms with Gasteiger partial charge in [0, 0.05) is 5.56 Å². The monoisotopic (exact) mass is 290 g/mol. The molecule has 1 aromatic carbocycles. The molecule has 0 aromatic heterocycles. The number of fused-ring (bicyclic) bond motifs is 1. The van der Waals surface area contributed by atoms with Crippen molar-refractivity contribution >= 4 is 17.5 Å². The summed E-state index contributed by atoms with van der Waals surface area (Å²) in [5, 5.41) is 15.2. The SMILES string of the molecule is O=C1COc2cc(C(=O)NC3(CO)CCCC3)ccc2N1. The molecule has 1 heterocycles. The topological polar surface area (TPSA) is 87.7 Å². The van der Waals surface area contributed by atoms with E-state index in [2.05, 4.69) is 10.6 Å². The molecule has 1 fully saturated rings. The highest BCUT2D eigenvalue weighted by Crippen LogP contribution is 2.31. The molecule has 1 saturated carbocycles. The predicted molar refractivity (Wildman–Crippen MR) is 76.3 cm³/mol. The highest BCUT2D eigenvalue weighted by molar-refractivity contribution is 5.99. The van der Waals surface area contributed by atoms with Crippen LogP contribution in [0.5, 0.6) is 5.75 Å². The lowest BCUT2D eigenvalue weighted by Crippen LogP contribution is -2.49. The van der Waals surface area contributed by atoms with Crippen molar-refractivity contribution in [2.24, 2.45) is 0 Å². The summed E-state index contributed by atoms with van der Waals surface area (Å²) >= 11 is 0. The molecule has 1 aromatic rings. The maximum Gasteiger partial charge on any atom is 0.262 e. The second-order valence-corrected chi connectivity index (χ2v) is 5.65. The van der Waals surface area contributed by atoms with Gasteiger partial charge in [-0.05, 0) is 31.0 Å². The van der Waals surface area contributed by atoms with Crippen LogP contribution >= 0.6 is 0 Å². The third-order valence-electron chi connectivity index (χ3n) is 4.12. The summed E-state index contributed by atoms with van der Waals surface area (Å²) in [6.07, 6.45) is 3.62. The van der Waals surface area contributed by atoms with Gasteiger partial charge in [0.05, 0.1) is 17.8 Å². The molecule has 3 rings (SSSR count). The minimum Gasteiger partial charge on any atom is -0.482 e. The van der Waals surface area contributed by atoms with Crippen LogP contribution < -0.4 is 15.4 Å². The second-order valence-electron chi connectivity index (χ2n) is 5.65. The molecule has 0 unspecified atom stereocenters. The molecule has 3 N–H and O–H groups in total. The molecule has 6 heteroatoms. The van der Waals surface area contributed by atoms with Crippen LogP contribution in [0, 0.1) is 0 Å². The lowest BCUT2D eigenvalue weighted by Gasteiger charge is -2.28. The quantitative estimate of drug-likeness (QED) is 0.776. The standard InChI is InChI=1S/C15H18N2O4/c18-9-15(5-1-2-6-15)17-14(20)10-3-4-11-12(7-10)21-8-13(19)16-11/h3-4,7,18H,1-2,5-6,8-9H2,(H,16,19)(H,17,20). The molecule has 112 valence electrons. The van der Waals surface area contributed by atoms with Gasteiger partial charge in [-0.15, -0.1) is 0 Å². The van der Waals surface area contributed by atoms with Crippen molar-refractivity contribution in [2.75, 3.05) is 18.5 Å². The molecule has 0 saturated heterocycles. The van der Waals surface area contributed by atoms with Gasteiger partial charge in [-0.2, -0.15) is 0 Å². The lowest BCUT2D eigenvalue weighted by molar-refractivity contribution is -0.118. The van der Waals surface area contributed by atoms with Gasteiger partial charge in [-0.3, -0.25) is 9.59 Å². The number of benzene rings is 1. The fourth-order valence-electron chi connectivity index (χ4n) is 2.90. The maximum absolute atomic E-state index is 12.3. The van der Waals surface area contributed by atoms with Gasteiger partial charge < -0.3 is 20.5 Å². The van der Waals surface area contributed by atoms with Crippen LogP contribution in [0.15, 0.2) is 18.2 Å². The van der Waals surface area contributed by atoms with Crippen molar-refractivity contribution in [3.8, 4) is 5.75 Å². The number of aliphatic hydroxyl groups is 1. The van der Waals surface area contributed by atoms with E-state index in [1.54, 1.807) is 18.2 Å². The van der Waals surface area contributed by atoms with Crippen molar-refractivity contribution in [3.05, 3.63) is 23.8 Å². The van der Waals surface area contributed by atoms with E-state index in [1.165, 1.54) is 0 Å². The number of ether oxygens (including phenoxy) is 1. The van der Waals surface area contributed by atoms with Crippen LogP contribution in [0.3, 0.4) is 0 Å². The molecule has 0 spiro atoms. The first-order valence-electron chi connectivity index (χ1n) is 7.12. The zero-order chi connectivity index (χ0) is 14.9. The molecule has 2 aliphatic rings. The first kappa shape index (κ1) is 13.9. The number of aliphatic hydroxyl groups excluding tert-OH is 1. The predicted octanol–water partition coefficient (Wildman–Crippen LogP) is 1.05. The van der Waals surface area contributed by atoms with E-state index in [4.69, 9.17) is 4.74 Å². The van der Waals surface area contributed by atoms with Gasteiger partial charge in [0.1, 0.15) is 5.75 Å². The van der Waals surface area contributed by atoms with E-state index in [9.17, 15) is 14.7 Å². The second kappa shape index (κ2) is 5.37. The number of hydrogen-bond donors (Lipinski definition) is 3. The number of carbonyl (C=O) groups is 2. The molecule has 6 nitrogen and oxygen atoms in total. The van der Waals surface area contributed by atoms with E-state index in [1.807, 2.05) is 0 Å². The summed E-state index contributed by atoms with van der Waals surface area (Å²) in [5.74, 6) is 0.0610. The van der Waals surface area contributed by atoms with Crippen molar-refractivity contribution in [3.63, 3.8) is 0 Å². The van der Waals surface area contributed by atoms with Gasteiger partial charge >= 0.3 is 0 Å². The van der Waals surface area contributed by atoms with E-state index in [0.29, 0.717) is 17.0 Å². The molecule has 1 aliphatic carbocycles. The van der Waals surface area contributed by atoms with Crippen molar-refractivity contribution in [1.29, 1.82) is 0 Å². The van der Waals surface area contributed by atoms with E-state index < -0.39 is 5.54 Å². The summed E-state index contributed by atoms with van der Waals surface area (Å²) < 4.78 is 5.31. The van der Waals surface area contributed by atoms with E-state index in [-0.39, 0.29) is 25.0 Å². The number of hydrogen-bond acceptors (Lipinski definition) is 4. The Morgan fingerprint density at radius 2 is 2.14 bits per heavy atom. The van der Waals surface area contributed by atoms with Gasteiger partial charge in [0.2, 0.25) is 0 Å². The lowest BCUT2D eigenvalue weighted by atomic mass is 9.98. The van der Waals surface area contributed by atoms with Gasteiger partial charge in [0.25, 0.3) is 11.8 Å². The van der Waals surface area contributed by atoms with Crippen molar-refractivity contribution in [2.45, 2.75) is 31.2 Å². The first-order valence-corrected chi connectivity index (χ1v) is 7.12. The molecule has 2 amide bonds. The summed E-state index contributed by atoms with van der Waals surface area (Å²) in [6, 6.07) is 4.91. The Morgan fingerprint density at radius 3 is 2.86 bits per heavy atom. The Hall–Kier alpha value is -2.08. The Morgan fingerprint density at radius 1 is 1.38 bits per heavy atom. The molecule has 21 heavy (non-hydrogen) atoms. The largest absolute Gasteiger partial charge is 0.482 e. The normalized spacial score (nSPS) is 19.4. The fraction of sp³-hybridized carbons (Fsp3) is 0.467. The molecule has 1 aliphatic heterocycles. The molecular formula is C15H18N2O4. The highest BCUT2D eigenvalue weighted by Gasteiger charge is 2.35. The number of carbonyl (C=O) groups excluding carboxylic acids is 2. The summed E-state index contributed by atoms with van der Waals surface area (Å²) in [5.41, 5.74) is 0.535.